The third kappa shape index (κ3) is 13.4. The van der Waals surface area contributed by atoms with Crippen LogP contribution in [0.1, 0.15) is 105 Å². The average molecular weight is 802 g/mol. The van der Waals surface area contributed by atoms with E-state index in [1.807, 2.05) is 29.2 Å². The quantitative estimate of drug-likeness (QED) is 0.147. The van der Waals surface area contributed by atoms with E-state index in [0.29, 0.717) is 56.4 Å². The van der Waals surface area contributed by atoms with Crippen molar-refractivity contribution in [3.8, 4) is 11.5 Å². The number of carboxylic acids is 1. The molecule has 3 aromatic rings. The van der Waals surface area contributed by atoms with Gasteiger partial charge in [-0.15, -0.1) is 11.3 Å². The number of benzene rings is 1. The number of alkyl halides is 6. The maximum atomic E-state index is 13.6. The van der Waals surface area contributed by atoms with Crippen LogP contribution in [0.3, 0.4) is 0 Å². The van der Waals surface area contributed by atoms with Crippen molar-refractivity contribution in [3.63, 3.8) is 0 Å². The number of halogens is 6. The molecule has 1 unspecified atom stereocenters. The number of nitrogens with zero attached hydrogens (tertiary/aromatic N) is 3. The number of piperidine rings is 1. The van der Waals surface area contributed by atoms with Crippen LogP contribution in [-0.4, -0.2) is 76.1 Å². The van der Waals surface area contributed by atoms with Crippen molar-refractivity contribution in [2.75, 3.05) is 33.3 Å². The minimum atomic E-state index is -4.68. The molecule has 1 aliphatic rings. The van der Waals surface area contributed by atoms with Gasteiger partial charge in [-0.1, -0.05) is 38.0 Å². The summed E-state index contributed by atoms with van der Waals surface area (Å²) < 4.78 is 81.3. The van der Waals surface area contributed by atoms with Gasteiger partial charge in [0.15, 0.2) is 0 Å². The van der Waals surface area contributed by atoms with Crippen LogP contribution < -0.4 is 4.74 Å². The summed E-state index contributed by atoms with van der Waals surface area (Å²) >= 11 is 0.481. The molecule has 3 heterocycles. The number of unbranched alkanes of at least 4 members (excludes halogenated alkanes) is 1. The Kier molecular flexibility index (Phi) is 16.4. The summed E-state index contributed by atoms with van der Waals surface area (Å²) in [5, 5.41) is 19.0. The first-order valence-corrected chi connectivity index (χ1v) is 19.0. The van der Waals surface area contributed by atoms with Crippen LogP contribution in [-0.2, 0) is 21.9 Å². The molecular formula is C39H49F6N3O6S. The number of aliphatic carboxylic acids is 1. The number of hydrogen-bond acceptors (Lipinski definition) is 7. The minimum Gasteiger partial charge on any atom is -0.507 e. The fraction of sp³-hybridized carbons (Fsp3) is 0.538. The van der Waals surface area contributed by atoms with Crippen molar-refractivity contribution in [3.05, 3.63) is 75.7 Å². The molecule has 0 bridgehead atoms. The highest BCUT2D eigenvalue weighted by Gasteiger charge is 2.37. The van der Waals surface area contributed by atoms with Gasteiger partial charge in [0.1, 0.15) is 22.1 Å². The normalized spacial score (nSPS) is 14.5. The lowest BCUT2D eigenvalue weighted by molar-refractivity contribution is -0.147. The van der Waals surface area contributed by atoms with Crippen molar-refractivity contribution >= 4 is 29.1 Å². The smallest absolute Gasteiger partial charge is 0.425 e. The molecule has 0 radical (unpaired) electrons. The summed E-state index contributed by atoms with van der Waals surface area (Å²) in [7, 11) is 1.46. The third-order valence-corrected chi connectivity index (χ3v) is 10.5. The molecule has 1 fully saturated rings. The molecule has 2 amide bonds. The molecule has 16 heteroatoms. The standard InChI is InChI=1S/C34H46F3N3O5.C5H3F3OS/c1-5-6-11-25(12-10-20-39(4)31(42)29-27(34(35,36)37)14-9-19-38-29)30(41)40-21-16-24(17-22-40)26-13-7-8-15-28(26)45-23-18-33(2,3)32(43)44;6-5(7,8)4-1-3(9)2-10-4/h7-9,13-15,19,24-25H,5-6,10-12,16-18,20-23H2,1-4H3,(H,43,44);1-2,9H. The number of rotatable bonds is 15. The van der Waals surface area contributed by atoms with E-state index in [9.17, 15) is 45.8 Å². The SMILES string of the molecule is CCCCC(CCCN(C)C(=O)c1ncccc1C(F)(F)F)C(=O)N1CCC(c2ccccc2OCCC(C)(C)C(=O)O)CC1.Oc1csc(C(F)(F)F)c1. The Morgan fingerprint density at radius 2 is 1.65 bits per heavy atom. The zero-order chi connectivity index (χ0) is 41.0. The van der Waals surface area contributed by atoms with Gasteiger partial charge in [0.2, 0.25) is 5.91 Å². The second-order valence-corrected chi connectivity index (χ2v) is 15.1. The van der Waals surface area contributed by atoms with E-state index in [0.717, 1.165) is 60.9 Å². The summed E-state index contributed by atoms with van der Waals surface area (Å²) in [6.45, 7) is 7.13. The van der Waals surface area contributed by atoms with Crippen molar-refractivity contribution in [1.82, 2.24) is 14.8 Å². The number of amides is 2. The molecular weight excluding hydrogens is 752 g/mol. The van der Waals surface area contributed by atoms with Crippen molar-refractivity contribution in [1.29, 1.82) is 0 Å². The van der Waals surface area contributed by atoms with Crippen molar-refractivity contribution < 1.29 is 55.7 Å². The molecule has 0 saturated carbocycles. The number of para-hydroxylation sites is 1. The third-order valence-electron chi connectivity index (χ3n) is 9.56. The second kappa shape index (κ2) is 20.0. The first-order chi connectivity index (χ1) is 25.8. The van der Waals surface area contributed by atoms with E-state index >= 15 is 0 Å². The van der Waals surface area contributed by atoms with Crippen LogP contribution in [0.15, 0.2) is 54.0 Å². The fourth-order valence-corrected chi connectivity index (χ4v) is 6.76. The molecule has 2 N–H and O–H groups in total. The van der Waals surface area contributed by atoms with Gasteiger partial charge in [0.05, 0.1) is 17.6 Å². The summed E-state index contributed by atoms with van der Waals surface area (Å²) in [6, 6.07) is 10.5. The predicted octanol–water partition coefficient (Wildman–Crippen LogP) is 9.52. The number of thiophene rings is 1. The van der Waals surface area contributed by atoms with E-state index in [4.69, 9.17) is 9.84 Å². The number of aromatic nitrogens is 1. The average Bonchev–Trinajstić information content (AvgIpc) is 3.59. The van der Waals surface area contributed by atoms with Gasteiger partial charge in [-0.25, -0.2) is 0 Å². The number of hydrogen-bond donors (Lipinski definition) is 2. The number of pyridine rings is 1. The number of aromatic hydroxyl groups is 1. The highest BCUT2D eigenvalue weighted by molar-refractivity contribution is 7.10. The molecule has 1 saturated heterocycles. The number of ether oxygens (including phenoxy) is 1. The summed E-state index contributed by atoms with van der Waals surface area (Å²) in [5.74, 6) is -1.18. The summed E-state index contributed by atoms with van der Waals surface area (Å²) in [6.07, 6.45) is -2.35. The van der Waals surface area contributed by atoms with Gasteiger partial charge in [-0.2, -0.15) is 26.3 Å². The summed E-state index contributed by atoms with van der Waals surface area (Å²) in [4.78, 5) is 43.9. The minimum absolute atomic E-state index is 0.0837. The van der Waals surface area contributed by atoms with Crippen LogP contribution in [0.4, 0.5) is 26.3 Å². The van der Waals surface area contributed by atoms with Crippen LogP contribution in [0.2, 0.25) is 0 Å². The van der Waals surface area contributed by atoms with Crippen molar-refractivity contribution in [2.24, 2.45) is 11.3 Å². The highest BCUT2D eigenvalue weighted by atomic mass is 32.1. The second-order valence-electron chi connectivity index (χ2n) is 14.2. The van der Waals surface area contributed by atoms with Crippen LogP contribution in [0.25, 0.3) is 0 Å². The molecule has 9 nitrogen and oxygen atoms in total. The maximum Gasteiger partial charge on any atom is 0.425 e. The molecule has 1 atom stereocenters. The Labute approximate surface area is 321 Å². The van der Waals surface area contributed by atoms with Gasteiger partial charge < -0.3 is 24.7 Å². The Morgan fingerprint density at radius 3 is 2.22 bits per heavy atom. The predicted molar refractivity (Wildman–Crippen MR) is 196 cm³/mol. The lowest BCUT2D eigenvalue weighted by Gasteiger charge is -2.35. The summed E-state index contributed by atoms with van der Waals surface area (Å²) in [5.41, 5.74) is -1.49. The van der Waals surface area contributed by atoms with Gasteiger partial charge in [-0.3, -0.25) is 19.4 Å². The van der Waals surface area contributed by atoms with E-state index in [1.165, 1.54) is 18.1 Å². The van der Waals surface area contributed by atoms with Gasteiger partial charge in [-0.05, 0) is 82.1 Å². The highest BCUT2D eigenvalue weighted by Crippen LogP contribution is 2.37. The molecule has 1 aromatic carbocycles. The van der Waals surface area contributed by atoms with Crippen LogP contribution in [0.5, 0.6) is 11.5 Å². The fourth-order valence-electron chi connectivity index (χ4n) is 6.12. The first kappa shape index (κ1) is 45.1. The van der Waals surface area contributed by atoms with Crippen LogP contribution in [0, 0.1) is 11.3 Å². The lowest BCUT2D eigenvalue weighted by atomic mass is 9.87. The topological polar surface area (TPSA) is 120 Å². The van der Waals surface area contributed by atoms with Crippen LogP contribution >= 0.6 is 11.3 Å². The molecule has 2 aromatic heterocycles. The Morgan fingerprint density at radius 1 is 1.00 bits per heavy atom. The Hall–Kier alpha value is -4.34. The Bertz CT molecular complexity index is 1710. The Balaban J connectivity index is 0.000000701. The zero-order valence-electron chi connectivity index (χ0n) is 31.4. The van der Waals surface area contributed by atoms with E-state index < -0.39 is 45.8 Å². The molecule has 55 heavy (non-hydrogen) atoms. The zero-order valence-corrected chi connectivity index (χ0v) is 32.2. The largest absolute Gasteiger partial charge is 0.507 e. The molecule has 304 valence electrons. The van der Waals surface area contributed by atoms with E-state index in [2.05, 4.69) is 11.9 Å². The van der Waals surface area contributed by atoms with Crippen molar-refractivity contribution in [2.45, 2.75) is 90.4 Å². The maximum absolute atomic E-state index is 13.6. The molecule has 1 aliphatic heterocycles. The van der Waals surface area contributed by atoms with E-state index in [-0.39, 0.29) is 30.0 Å². The van der Waals surface area contributed by atoms with Gasteiger partial charge in [0, 0.05) is 50.2 Å². The van der Waals surface area contributed by atoms with Gasteiger partial charge >= 0.3 is 18.3 Å². The number of carbonyl (C=O) groups is 3. The lowest BCUT2D eigenvalue weighted by Crippen LogP contribution is -2.41. The molecule has 0 aliphatic carbocycles. The first-order valence-electron chi connectivity index (χ1n) is 18.1. The monoisotopic (exact) mass is 801 g/mol. The molecule has 4 rings (SSSR count). The number of carboxylic acid groups (broad SMARTS) is 1. The number of carbonyl (C=O) groups excluding carboxylic acids is 2. The molecule has 0 spiro atoms. The number of likely N-dealkylation sites (tertiary alicyclic amines) is 1. The van der Waals surface area contributed by atoms with E-state index in [1.54, 1.807) is 13.8 Å². The van der Waals surface area contributed by atoms with Gasteiger partial charge in [0.25, 0.3) is 5.91 Å².